The summed E-state index contributed by atoms with van der Waals surface area (Å²) in [7, 11) is -1.16. The molecule has 0 atom stereocenters. The number of nitrogens with one attached hydrogen (secondary N) is 1. The molecule has 0 heterocycles. The molecule has 0 radical (unpaired) electrons. The van der Waals surface area contributed by atoms with Crippen molar-refractivity contribution in [2.45, 2.75) is 31.2 Å². The number of hydrogen-bond acceptors (Lipinski definition) is 5. The number of benzene rings is 1. The van der Waals surface area contributed by atoms with Gasteiger partial charge in [-0.05, 0) is 31.5 Å². The van der Waals surface area contributed by atoms with Crippen molar-refractivity contribution in [3.8, 4) is 11.5 Å². The number of rotatable bonds is 7. The molecule has 1 aromatic carbocycles. The van der Waals surface area contributed by atoms with Crippen molar-refractivity contribution in [3.63, 3.8) is 0 Å². The largest absolute Gasteiger partial charge is 0.493 e. The maximum Gasteiger partial charge on any atom is 0.307 e. The van der Waals surface area contributed by atoms with Gasteiger partial charge in [-0.25, -0.2) is 13.1 Å². The van der Waals surface area contributed by atoms with Crippen LogP contribution in [0.5, 0.6) is 11.5 Å². The molecule has 0 bridgehead atoms. The van der Waals surface area contributed by atoms with Crippen molar-refractivity contribution >= 4 is 16.0 Å². The maximum absolute atomic E-state index is 12.3. The highest BCUT2D eigenvalue weighted by Gasteiger charge is 2.25. The van der Waals surface area contributed by atoms with Crippen molar-refractivity contribution in [3.05, 3.63) is 17.7 Å². The van der Waals surface area contributed by atoms with Crippen molar-refractivity contribution < 1.29 is 27.8 Å². The number of methoxy groups -OCH3 is 2. The first kappa shape index (κ1) is 17.3. The lowest BCUT2D eigenvalue weighted by atomic mass is 10.1. The summed E-state index contributed by atoms with van der Waals surface area (Å²) >= 11 is 0. The zero-order valence-corrected chi connectivity index (χ0v) is 13.2. The fourth-order valence-corrected chi connectivity index (χ4v) is 3.32. The van der Waals surface area contributed by atoms with E-state index in [9.17, 15) is 13.2 Å². The molecule has 0 aliphatic heterocycles. The van der Waals surface area contributed by atoms with Crippen LogP contribution in [0, 0.1) is 0 Å². The van der Waals surface area contributed by atoms with Crippen LogP contribution in [0.4, 0.5) is 0 Å². The molecule has 21 heavy (non-hydrogen) atoms. The second-order valence-electron chi connectivity index (χ2n) is 4.68. The zero-order valence-electron chi connectivity index (χ0n) is 12.3. The number of carbonyl (C=O) groups is 1. The summed E-state index contributed by atoms with van der Waals surface area (Å²) in [5, 5.41) is 8.86. The Hall–Kier alpha value is -1.80. The highest BCUT2D eigenvalue weighted by molar-refractivity contribution is 7.89. The van der Waals surface area contributed by atoms with E-state index in [-0.39, 0.29) is 28.9 Å². The number of hydrogen-bond donors (Lipinski definition) is 2. The van der Waals surface area contributed by atoms with Crippen molar-refractivity contribution in [2.24, 2.45) is 0 Å². The molecule has 0 saturated carbocycles. The van der Waals surface area contributed by atoms with Gasteiger partial charge in [0.05, 0.1) is 20.6 Å². The lowest BCUT2D eigenvalue weighted by molar-refractivity contribution is -0.136. The first-order valence-electron chi connectivity index (χ1n) is 6.20. The quantitative estimate of drug-likeness (QED) is 0.778. The number of aliphatic carboxylic acids is 1. The first-order chi connectivity index (χ1) is 9.71. The minimum atomic E-state index is -3.84. The minimum Gasteiger partial charge on any atom is -0.493 e. The minimum absolute atomic E-state index is 0.0415. The van der Waals surface area contributed by atoms with Crippen LogP contribution in [0.2, 0.25) is 0 Å². The fraction of sp³-hybridized carbons (Fsp3) is 0.462. The molecule has 0 fully saturated rings. The van der Waals surface area contributed by atoms with Crippen LogP contribution in [-0.4, -0.2) is 39.8 Å². The standard InChI is InChI=1S/C13H19NO6S/c1-8(2)14-21(17,18)11-6-9(7-12(15)16)5-10(19-3)13(11)20-4/h5-6,8,14H,7H2,1-4H3,(H,15,16). The zero-order chi connectivity index (χ0) is 16.2. The van der Waals surface area contributed by atoms with Crippen molar-refractivity contribution in [1.29, 1.82) is 0 Å². The van der Waals surface area contributed by atoms with E-state index in [0.717, 1.165) is 0 Å². The van der Waals surface area contributed by atoms with Gasteiger partial charge >= 0.3 is 5.97 Å². The van der Waals surface area contributed by atoms with E-state index in [1.165, 1.54) is 26.4 Å². The van der Waals surface area contributed by atoms with Crippen LogP contribution in [0.15, 0.2) is 17.0 Å². The van der Waals surface area contributed by atoms with Crippen LogP contribution in [0.1, 0.15) is 19.4 Å². The van der Waals surface area contributed by atoms with Crippen LogP contribution >= 0.6 is 0 Å². The third-order valence-corrected chi connectivity index (χ3v) is 4.20. The maximum atomic E-state index is 12.3. The normalized spacial score (nSPS) is 11.5. The van der Waals surface area contributed by atoms with E-state index in [4.69, 9.17) is 14.6 Å². The molecule has 8 heteroatoms. The van der Waals surface area contributed by atoms with Gasteiger partial charge in [0, 0.05) is 6.04 Å². The Kier molecular flexibility index (Phi) is 5.56. The molecule has 0 spiro atoms. The first-order valence-corrected chi connectivity index (χ1v) is 7.68. The second-order valence-corrected chi connectivity index (χ2v) is 6.36. The summed E-state index contributed by atoms with van der Waals surface area (Å²) in [5.74, 6) is -0.859. The van der Waals surface area contributed by atoms with Gasteiger partial charge in [0.25, 0.3) is 0 Å². The van der Waals surface area contributed by atoms with E-state index < -0.39 is 16.0 Å². The lowest BCUT2D eigenvalue weighted by Gasteiger charge is -2.16. The van der Waals surface area contributed by atoms with Crippen LogP contribution < -0.4 is 14.2 Å². The summed E-state index contributed by atoms with van der Waals surface area (Å²) in [6.45, 7) is 3.37. The Morgan fingerprint density at radius 3 is 2.33 bits per heavy atom. The predicted molar refractivity (Wildman–Crippen MR) is 76.3 cm³/mol. The molecule has 0 aliphatic rings. The van der Waals surface area contributed by atoms with E-state index in [1.54, 1.807) is 13.8 Å². The van der Waals surface area contributed by atoms with Crippen LogP contribution in [0.25, 0.3) is 0 Å². The van der Waals surface area contributed by atoms with Gasteiger partial charge in [0.2, 0.25) is 10.0 Å². The van der Waals surface area contributed by atoms with Gasteiger partial charge in [-0.3, -0.25) is 4.79 Å². The van der Waals surface area contributed by atoms with E-state index >= 15 is 0 Å². The highest BCUT2D eigenvalue weighted by Crippen LogP contribution is 2.35. The second kappa shape index (κ2) is 6.77. The van der Waals surface area contributed by atoms with E-state index in [0.29, 0.717) is 5.56 Å². The predicted octanol–water partition coefficient (Wildman–Crippen LogP) is 1.02. The van der Waals surface area contributed by atoms with Crippen LogP contribution in [-0.2, 0) is 21.2 Å². The van der Waals surface area contributed by atoms with Gasteiger partial charge in [-0.2, -0.15) is 0 Å². The highest BCUT2D eigenvalue weighted by atomic mass is 32.2. The Morgan fingerprint density at radius 1 is 1.29 bits per heavy atom. The Balaban J connectivity index is 3.49. The molecule has 0 aliphatic carbocycles. The average Bonchev–Trinajstić information content (AvgIpc) is 2.35. The number of carboxylic acid groups (broad SMARTS) is 1. The molecule has 0 amide bonds. The fourth-order valence-electron chi connectivity index (χ4n) is 1.83. The topological polar surface area (TPSA) is 102 Å². The molecule has 1 aromatic rings. The molecular weight excluding hydrogens is 298 g/mol. The number of sulfonamides is 1. The van der Waals surface area contributed by atoms with Gasteiger partial charge in [-0.1, -0.05) is 0 Å². The van der Waals surface area contributed by atoms with Crippen molar-refractivity contribution in [1.82, 2.24) is 4.72 Å². The molecule has 0 unspecified atom stereocenters. The Labute approximate surface area is 123 Å². The van der Waals surface area contributed by atoms with Gasteiger partial charge in [0.15, 0.2) is 11.5 Å². The van der Waals surface area contributed by atoms with Gasteiger partial charge in [0.1, 0.15) is 4.90 Å². The third-order valence-electron chi connectivity index (χ3n) is 2.54. The third kappa shape index (κ3) is 4.33. The summed E-state index contributed by atoms with van der Waals surface area (Å²) in [5.41, 5.74) is 0.310. The monoisotopic (exact) mass is 317 g/mol. The number of ether oxygens (including phenoxy) is 2. The summed E-state index contributed by atoms with van der Waals surface area (Å²) in [6.07, 6.45) is -0.315. The summed E-state index contributed by atoms with van der Waals surface area (Å²) in [6, 6.07) is 2.41. The molecule has 118 valence electrons. The summed E-state index contributed by atoms with van der Waals surface area (Å²) < 4.78 is 37.3. The van der Waals surface area contributed by atoms with Crippen molar-refractivity contribution in [2.75, 3.05) is 14.2 Å². The Morgan fingerprint density at radius 2 is 1.90 bits per heavy atom. The average molecular weight is 317 g/mol. The van der Waals surface area contributed by atoms with E-state index in [2.05, 4.69) is 4.72 Å². The molecular formula is C13H19NO6S. The SMILES string of the molecule is COc1cc(CC(=O)O)cc(S(=O)(=O)NC(C)C)c1OC. The van der Waals surface area contributed by atoms with Gasteiger partial charge in [-0.15, -0.1) is 0 Å². The Bertz CT molecular complexity index is 624. The number of carboxylic acids is 1. The lowest BCUT2D eigenvalue weighted by Crippen LogP contribution is -2.30. The molecule has 0 saturated heterocycles. The molecule has 1 rings (SSSR count). The summed E-state index contributed by atoms with van der Waals surface area (Å²) in [4.78, 5) is 10.7. The smallest absolute Gasteiger partial charge is 0.307 e. The molecule has 7 nitrogen and oxygen atoms in total. The molecule has 2 N–H and O–H groups in total. The molecule has 0 aromatic heterocycles. The van der Waals surface area contributed by atoms with Gasteiger partial charge < -0.3 is 14.6 Å². The van der Waals surface area contributed by atoms with Crippen LogP contribution in [0.3, 0.4) is 0 Å². The van der Waals surface area contributed by atoms with E-state index in [1.807, 2.05) is 0 Å².